The Morgan fingerprint density at radius 2 is 1.80 bits per heavy atom. The van der Waals surface area contributed by atoms with Crippen LogP contribution in [0.4, 0.5) is 4.79 Å². The van der Waals surface area contributed by atoms with Gasteiger partial charge in [0.25, 0.3) is 0 Å². The number of hydrogen-bond donors (Lipinski definition) is 1. The van der Waals surface area contributed by atoms with Gasteiger partial charge in [-0.15, -0.1) is 0 Å². The number of urea groups is 1. The van der Waals surface area contributed by atoms with Crippen molar-refractivity contribution < 1.29 is 4.79 Å². The van der Waals surface area contributed by atoms with Crippen molar-refractivity contribution in [1.82, 2.24) is 20.0 Å². The zero-order valence-corrected chi connectivity index (χ0v) is 14.1. The monoisotopic (exact) mass is 284 g/mol. The Morgan fingerprint density at radius 1 is 1.25 bits per heavy atom. The molecule has 0 bridgehead atoms. The number of carbonyl (C=O) groups is 1. The molecular formula is C15H32N4O. The number of nitrogens with zero attached hydrogens (tertiary/aromatic N) is 3. The molecule has 1 rings (SSSR count). The molecule has 0 aliphatic carbocycles. The van der Waals surface area contributed by atoms with Crippen molar-refractivity contribution in [3.05, 3.63) is 0 Å². The summed E-state index contributed by atoms with van der Waals surface area (Å²) >= 11 is 0. The molecule has 1 saturated heterocycles. The molecule has 5 nitrogen and oxygen atoms in total. The van der Waals surface area contributed by atoms with E-state index in [4.69, 9.17) is 0 Å². The van der Waals surface area contributed by atoms with Crippen molar-refractivity contribution in [2.75, 3.05) is 53.4 Å². The molecule has 0 radical (unpaired) electrons. The molecule has 1 aliphatic rings. The molecule has 1 aliphatic heterocycles. The molecule has 1 fully saturated rings. The van der Waals surface area contributed by atoms with Crippen molar-refractivity contribution in [1.29, 1.82) is 0 Å². The number of hydrogen-bond acceptors (Lipinski definition) is 3. The molecule has 20 heavy (non-hydrogen) atoms. The lowest BCUT2D eigenvalue weighted by Crippen LogP contribution is -2.55. The van der Waals surface area contributed by atoms with Crippen LogP contribution in [0.1, 0.15) is 27.7 Å². The summed E-state index contributed by atoms with van der Waals surface area (Å²) in [6.07, 6.45) is 0. The van der Waals surface area contributed by atoms with Crippen molar-refractivity contribution in [2.24, 2.45) is 5.41 Å². The lowest BCUT2D eigenvalue weighted by atomic mass is 9.85. The van der Waals surface area contributed by atoms with E-state index in [0.717, 1.165) is 39.3 Å². The van der Waals surface area contributed by atoms with Gasteiger partial charge in [0.1, 0.15) is 0 Å². The fourth-order valence-corrected chi connectivity index (χ4v) is 2.69. The highest BCUT2D eigenvalue weighted by Crippen LogP contribution is 2.21. The highest BCUT2D eigenvalue weighted by atomic mass is 16.2. The van der Waals surface area contributed by atoms with Crippen LogP contribution in [0.2, 0.25) is 0 Å². The maximum Gasteiger partial charge on any atom is 0.317 e. The molecule has 1 N–H and O–H groups in total. The van der Waals surface area contributed by atoms with Gasteiger partial charge in [0, 0.05) is 38.8 Å². The average molecular weight is 284 g/mol. The Kier molecular flexibility index (Phi) is 6.27. The van der Waals surface area contributed by atoms with Crippen LogP contribution in [0.3, 0.4) is 0 Å². The van der Waals surface area contributed by atoms with E-state index in [1.165, 1.54) is 0 Å². The third kappa shape index (κ3) is 4.94. The summed E-state index contributed by atoms with van der Waals surface area (Å²) in [6, 6.07) is 0.238. The summed E-state index contributed by atoms with van der Waals surface area (Å²) in [7, 11) is 4.14. The Labute approximate surface area is 124 Å². The standard InChI is InChI=1S/C15H32N4O/c1-7-18-8-10-19(11-9-18)14(20)16-13(2)15(3,4)12-17(5)6/h13H,7-12H2,1-6H3,(H,16,20)/t13-/m1/s1. The normalized spacial score (nSPS) is 19.2. The summed E-state index contributed by atoms with van der Waals surface area (Å²) in [5.74, 6) is 0. The zero-order chi connectivity index (χ0) is 15.3. The van der Waals surface area contributed by atoms with Crippen LogP contribution in [0.15, 0.2) is 0 Å². The molecule has 118 valence electrons. The van der Waals surface area contributed by atoms with Gasteiger partial charge in [-0.3, -0.25) is 0 Å². The van der Waals surface area contributed by atoms with Crippen LogP contribution in [-0.2, 0) is 0 Å². The highest BCUT2D eigenvalue weighted by molar-refractivity contribution is 5.74. The first kappa shape index (κ1) is 17.2. The first-order chi connectivity index (χ1) is 9.26. The SMILES string of the molecule is CCN1CCN(C(=O)N[C@H](C)C(C)(C)CN(C)C)CC1. The molecular weight excluding hydrogens is 252 g/mol. The molecule has 0 aromatic carbocycles. The third-order valence-corrected chi connectivity index (χ3v) is 4.34. The number of likely N-dealkylation sites (N-methyl/N-ethyl adjacent to an activating group) is 1. The first-order valence-electron chi connectivity index (χ1n) is 7.68. The van der Waals surface area contributed by atoms with Gasteiger partial charge in [-0.2, -0.15) is 0 Å². The van der Waals surface area contributed by atoms with Crippen molar-refractivity contribution in [2.45, 2.75) is 33.7 Å². The largest absolute Gasteiger partial charge is 0.335 e. The molecule has 0 spiro atoms. The number of carbonyl (C=O) groups excluding carboxylic acids is 1. The Morgan fingerprint density at radius 3 is 2.25 bits per heavy atom. The third-order valence-electron chi connectivity index (χ3n) is 4.34. The minimum absolute atomic E-state index is 0.0599. The fraction of sp³-hybridized carbons (Fsp3) is 0.933. The van der Waals surface area contributed by atoms with Crippen molar-refractivity contribution in [3.8, 4) is 0 Å². The van der Waals surface area contributed by atoms with Gasteiger partial charge in [0.2, 0.25) is 0 Å². The van der Waals surface area contributed by atoms with Gasteiger partial charge in [-0.25, -0.2) is 4.79 Å². The number of rotatable bonds is 5. The van der Waals surface area contributed by atoms with Gasteiger partial charge in [0.05, 0.1) is 0 Å². The lowest BCUT2D eigenvalue weighted by molar-refractivity contribution is 0.129. The van der Waals surface area contributed by atoms with Crippen LogP contribution in [-0.4, -0.2) is 80.1 Å². The smallest absolute Gasteiger partial charge is 0.317 e. The predicted molar refractivity (Wildman–Crippen MR) is 84.0 cm³/mol. The summed E-state index contributed by atoms with van der Waals surface area (Å²) < 4.78 is 0. The lowest BCUT2D eigenvalue weighted by Gasteiger charge is -2.38. The molecule has 0 aromatic heterocycles. The second-order valence-corrected chi connectivity index (χ2v) is 6.82. The molecule has 0 unspecified atom stereocenters. The highest BCUT2D eigenvalue weighted by Gasteiger charge is 2.29. The molecule has 0 aromatic rings. The van der Waals surface area contributed by atoms with Crippen LogP contribution >= 0.6 is 0 Å². The second-order valence-electron chi connectivity index (χ2n) is 6.82. The zero-order valence-electron chi connectivity index (χ0n) is 14.1. The van der Waals surface area contributed by atoms with Gasteiger partial charge in [-0.1, -0.05) is 20.8 Å². The Balaban J connectivity index is 2.45. The molecule has 2 amide bonds. The van der Waals surface area contributed by atoms with E-state index in [1.54, 1.807) is 0 Å². The number of amides is 2. The summed E-state index contributed by atoms with van der Waals surface area (Å²) in [5, 5.41) is 3.17. The molecule has 0 saturated carbocycles. The summed E-state index contributed by atoms with van der Waals surface area (Å²) in [4.78, 5) is 18.8. The van der Waals surface area contributed by atoms with E-state index in [2.05, 4.69) is 56.9 Å². The van der Waals surface area contributed by atoms with E-state index in [1.807, 2.05) is 4.90 Å². The maximum atomic E-state index is 12.3. The molecule has 5 heteroatoms. The predicted octanol–water partition coefficient (Wildman–Crippen LogP) is 1.31. The second kappa shape index (κ2) is 7.27. The molecule has 1 heterocycles. The topological polar surface area (TPSA) is 38.8 Å². The van der Waals surface area contributed by atoms with Gasteiger partial charge in [0.15, 0.2) is 0 Å². The van der Waals surface area contributed by atoms with Gasteiger partial charge in [-0.05, 0) is 33.0 Å². The molecule has 1 atom stereocenters. The van der Waals surface area contributed by atoms with Crippen LogP contribution in [0.25, 0.3) is 0 Å². The summed E-state index contributed by atoms with van der Waals surface area (Å²) in [5.41, 5.74) is 0.0599. The van der Waals surface area contributed by atoms with Gasteiger partial charge >= 0.3 is 6.03 Å². The van der Waals surface area contributed by atoms with Crippen LogP contribution in [0, 0.1) is 5.41 Å². The average Bonchev–Trinajstić information content (AvgIpc) is 2.37. The van der Waals surface area contributed by atoms with E-state index < -0.39 is 0 Å². The Hall–Kier alpha value is -0.810. The summed E-state index contributed by atoms with van der Waals surface area (Å²) in [6.45, 7) is 14.3. The van der Waals surface area contributed by atoms with Crippen LogP contribution in [0.5, 0.6) is 0 Å². The number of piperazine rings is 1. The Bertz CT molecular complexity index is 309. The fourth-order valence-electron chi connectivity index (χ4n) is 2.69. The van der Waals surface area contributed by atoms with Gasteiger partial charge < -0.3 is 20.0 Å². The van der Waals surface area contributed by atoms with E-state index in [9.17, 15) is 4.79 Å². The first-order valence-corrected chi connectivity index (χ1v) is 7.68. The van der Waals surface area contributed by atoms with Crippen molar-refractivity contribution in [3.63, 3.8) is 0 Å². The minimum atomic E-state index is 0.0599. The van der Waals surface area contributed by atoms with Crippen molar-refractivity contribution >= 4 is 6.03 Å². The van der Waals surface area contributed by atoms with E-state index in [0.29, 0.717) is 0 Å². The minimum Gasteiger partial charge on any atom is -0.335 e. The van der Waals surface area contributed by atoms with E-state index >= 15 is 0 Å². The van der Waals surface area contributed by atoms with Crippen LogP contribution < -0.4 is 5.32 Å². The quantitative estimate of drug-likeness (QED) is 0.827. The van der Waals surface area contributed by atoms with E-state index in [-0.39, 0.29) is 17.5 Å². The maximum absolute atomic E-state index is 12.3. The number of nitrogens with one attached hydrogen (secondary N) is 1.